The Labute approximate surface area is 119 Å². The third-order valence-electron chi connectivity index (χ3n) is 3.94. The molecule has 2 rings (SSSR count). The molecule has 0 radical (unpaired) electrons. The molecule has 0 aliphatic carbocycles. The highest BCUT2D eigenvalue weighted by Gasteiger charge is 2.27. The number of nitrogens with one attached hydrogen (secondary N) is 2. The summed E-state index contributed by atoms with van der Waals surface area (Å²) in [5.74, 6) is 0.228. The molecule has 110 valence electrons. The number of phenolic OH excluding ortho intramolecular Hbond substituents is 1. The van der Waals surface area contributed by atoms with Crippen molar-refractivity contribution in [3.63, 3.8) is 0 Å². The van der Waals surface area contributed by atoms with Gasteiger partial charge in [-0.3, -0.25) is 4.79 Å². The summed E-state index contributed by atoms with van der Waals surface area (Å²) in [6.45, 7) is 4.78. The second-order valence-corrected chi connectivity index (χ2v) is 5.63. The number of piperidine rings is 1. The molecule has 1 aromatic carbocycles. The van der Waals surface area contributed by atoms with Crippen LogP contribution in [0.5, 0.6) is 11.5 Å². The maximum Gasteiger partial charge on any atom is 0.255 e. The molecular formula is C15H22N2O3. The second-order valence-electron chi connectivity index (χ2n) is 5.63. The molecule has 0 spiro atoms. The van der Waals surface area contributed by atoms with E-state index in [4.69, 9.17) is 4.74 Å². The van der Waals surface area contributed by atoms with Crippen molar-refractivity contribution in [3.05, 3.63) is 23.8 Å². The molecule has 3 N–H and O–H groups in total. The minimum Gasteiger partial charge on any atom is -0.507 e. The van der Waals surface area contributed by atoms with Gasteiger partial charge in [-0.05, 0) is 43.5 Å². The van der Waals surface area contributed by atoms with Crippen LogP contribution in [-0.4, -0.2) is 37.8 Å². The lowest BCUT2D eigenvalue weighted by molar-refractivity contribution is 0.0919. The maximum absolute atomic E-state index is 12.1. The van der Waals surface area contributed by atoms with Crippen molar-refractivity contribution in [2.75, 3.05) is 26.7 Å². The van der Waals surface area contributed by atoms with Crippen molar-refractivity contribution in [2.24, 2.45) is 5.41 Å². The van der Waals surface area contributed by atoms with Crippen LogP contribution < -0.4 is 15.4 Å². The number of aromatic hydroxyl groups is 1. The first kappa shape index (κ1) is 14.7. The van der Waals surface area contributed by atoms with Gasteiger partial charge >= 0.3 is 0 Å². The summed E-state index contributed by atoms with van der Waals surface area (Å²) >= 11 is 0. The van der Waals surface area contributed by atoms with Gasteiger partial charge in [-0.1, -0.05) is 6.92 Å². The van der Waals surface area contributed by atoms with Crippen LogP contribution in [0, 0.1) is 5.41 Å². The fourth-order valence-electron chi connectivity index (χ4n) is 2.43. The van der Waals surface area contributed by atoms with Crippen LogP contribution >= 0.6 is 0 Å². The van der Waals surface area contributed by atoms with E-state index in [2.05, 4.69) is 17.6 Å². The fraction of sp³-hybridized carbons (Fsp3) is 0.533. The Morgan fingerprint density at radius 3 is 2.75 bits per heavy atom. The Balaban J connectivity index is 1.98. The molecule has 1 aromatic rings. The smallest absolute Gasteiger partial charge is 0.255 e. The molecule has 0 bridgehead atoms. The van der Waals surface area contributed by atoms with Crippen LogP contribution in [-0.2, 0) is 0 Å². The largest absolute Gasteiger partial charge is 0.507 e. The first-order chi connectivity index (χ1) is 9.54. The monoisotopic (exact) mass is 278 g/mol. The third-order valence-corrected chi connectivity index (χ3v) is 3.94. The number of rotatable bonds is 4. The Hall–Kier alpha value is -1.75. The summed E-state index contributed by atoms with van der Waals surface area (Å²) < 4.78 is 5.00. The van der Waals surface area contributed by atoms with E-state index in [0.29, 0.717) is 12.3 Å². The summed E-state index contributed by atoms with van der Waals surface area (Å²) in [7, 11) is 1.52. The van der Waals surface area contributed by atoms with Crippen molar-refractivity contribution in [3.8, 4) is 11.5 Å². The molecule has 20 heavy (non-hydrogen) atoms. The Bertz CT molecular complexity index is 482. The predicted octanol–water partition coefficient (Wildman–Crippen LogP) is 1.52. The van der Waals surface area contributed by atoms with Gasteiger partial charge in [0.1, 0.15) is 11.5 Å². The van der Waals surface area contributed by atoms with Gasteiger partial charge in [0.25, 0.3) is 5.91 Å². The van der Waals surface area contributed by atoms with E-state index in [9.17, 15) is 9.90 Å². The first-order valence-corrected chi connectivity index (χ1v) is 6.90. The predicted molar refractivity (Wildman–Crippen MR) is 77.2 cm³/mol. The molecular weight excluding hydrogens is 256 g/mol. The van der Waals surface area contributed by atoms with Gasteiger partial charge in [0.2, 0.25) is 0 Å². The van der Waals surface area contributed by atoms with Crippen LogP contribution in [0.2, 0.25) is 0 Å². The van der Waals surface area contributed by atoms with E-state index in [1.54, 1.807) is 12.1 Å². The molecule has 1 aliphatic heterocycles. The molecule has 1 amide bonds. The quantitative estimate of drug-likeness (QED) is 0.781. The Kier molecular flexibility index (Phi) is 4.49. The van der Waals surface area contributed by atoms with Gasteiger partial charge < -0.3 is 20.5 Å². The van der Waals surface area contributed by atoms with Crippen LogP contribution in [0.4, 0.5) is 0 Å². The lowest BCUT2D eigenvalue weighted by Crippen LogP contribution is -2.42. The number of amides is 1. The normalized spacial score (nSPS) is 17.5. The number of methoxy groups -OCH3 is 1. The summed E-state index contributed by atoms with van der Waals surface area (Å²) in [4.78, 5) is 12.1. The molecule has 0 saturated carbocycles. The van der Waals surface area contributed by atoms with Gasteiger partial charge in [-0.15, -0.1) is 0 Å². The summed E-state index contributed by atoms with van der Waals surface area (Å²) in [5.41, 5.74) is 0.409. The third kappa shape index (κ3) is 3.42. The van der Waals surface area contributed by atoms with Gasteiger partial charge in [-0.2, -0.15) is 0 Å². The van der Waals surface area contributed by atoms with Crippen LogP contribution in [0.1, 0.15) is 30.1 Å². The second kappa shape index (κ2) is 6.13. The molecule has 1 heterocycles. The fourth-order valence-corrected chi connectivity index (χ4v) is 2.43. The van der Waals surface area contributed by atoms with Crippen LogP contribution in [0.3, 0.4) is 0 Å². The molecule has 5 heteroatoms. The SMILES string of the molecule is COc1ccc(C(=O)NCC2(C)CCNCC2)c(O)c1. The number of hydrogen-bond acceptors (Lipinski definition) is 4. The number of hydrogen-bond donors (Lipinski definition) is 3. The lowest BCUT2D eigenvalue weighted by atomic mass is 9.81. The average molecular weight is 278 g/mol. The zero-order chi connectivity index (χ0) is 14.6. The van der Waals surface area contributed by atoms with E-state index in [1.165, 1.54) is 13.2 Å². The zero-order valence-electron chi connectivity index (χ0n) is 12.0. The minimum absolute atomic E-state index is 0.0580. The molecule has 5 nitrogen and oxygen atoms in total. The average Bonchev–Trinajstić information content (AvgIpc) is 2.45. The standard InChI is InChI=1S/C15H22N2O3/c1-15(5-7-16-8-6-15)10-17-14(19)12-4-3-11(20-2)9-13(12)18/h3-4,9,16,18H,5-8,10H2,1-2H3,(H,17,19). The van der Waals surface area contributed by atoms with Gasteiger partial charge in [0.15, 0.2) is 0 Å². The topological polar surface area (TPSA) is 70.6 Å². The number of carbonyl (C=O) groups excluding carboxylic acids is 1. The van der Waals surface area contributed by atoms with Crippen LogP contribution in [0.15, 0.2) is 18.2 Å². The highest BCUT2D eigenvalue weighted by Crippen LogP contribution is 2.27. The van der Waals surface area contributed by atoms with E-state index >= 15 is 0 Å². The Morgan fingerprint density at radius 2 is 2.15 bits per heavy atom. The Morgan fingerprint density at radius 1 is 1.45 bits per heavy atom. The molecule has 1 saturated heterocycles. The molecule has 0 atom stereocenters. The van der Waals surface area contributed by atoms with Crippen molar-refractivity contribution in [1.82, 2.24) is 10.6 Å². The lowest BCUT2D eigenvalue weighted by Gasteiger charge is -2.34. The van der Waals surface area contributed by atoms with Gasteiger partial charge in [0, 0.05) is 12.6 Å². The zero-order valence-corrected chi connectivity index (χ0v) is 12.0. The van der Waals surface area contributed by atoms with E-state index in [-0.39, 0.29) is 22.6 Å². The van der Waals surface area contributed by atoms with Crippen molar-refractivity contribution < 1.29 is 14.6 Å². The number of phenols is 1. The molecule has 1 aliphatic rings. The minimum atomic E-state index is -0.245. The van der Waals surface area contributed by atoms with Crippen molar-refractivity contribution >= 4 is 5.91 Å². The number of ether oxygens (including phenoxy) is 1. The summed E-state index contributed by atoms with van der Waals surface area (Å²) in [6.07, 6.45) is 2.09. The van der Waals surface area contributed by atoms with Crippen molar-refractivity contribution in [1.29, 1.82) is 0 Å². The molecule has 0 aromatic heterocycles. The highest BCUT2D eigenvalue weighted by molar-refractivity contribution is 5.97. The van der Waals surface area contributed by atoms with E-state index in [1.807, 2.05) is 0 Å². The van der Waals surface area contributed by atoms with E-state index in [0.717, 1.165) is 25.9 Å². The van der Waals surface area contributed by atoms with Crippen LogP contribution in [0.25, 0.3) is 0 Å². The van der Waals surface area contributed by atoms with Crippen molar-refractivity contribution in [2.45, 2.75) is 19.8 Å². The highest BCUT2D eigenvalue weighted by atomic mass is 16.5. The number of benzene rings is 1. The molecule has 0 unspecified atom stereocenters. The van der Waals surface area contributed by atoms with Gasteiger partial charge in [-0.25, -0.2) is 0 Å². The summed E-state index contributed by atoms with van der Waals surface area (Å²) in [5, 5.41) is 16.1. The summed E-state index contributed by atoms with van der Waals surface area (Å²) in [6, 6.07) is 4.69. The van der Waals surface area contributed by atoms with Gasteiger partial charge in [0.05, 0.1) is 12.7 Å². The maximum atomic E-state index is 12.1. The molecule has 1 fully saturated rings. The number of carbonyl (C=O) groups is 1. The van der Waals surface area contributed by atoms with E-state index < -0.39 is 0 Å². The first-order valence-electron chi connectivity index (χ1n) is 6.90.